The first kappa shape index (κ1) is 19.6. The van der Waals surface area contributed by atoms with Crippen LogP contribution >= 0.6 is 0 Å². The molecule has 6 heteroatoms. The zero-order chi connectivity index (χ0) is 19.9. The molecule has 1 atom stereocenters. The number of amides is 2. The number of likely N-dealkylation sites (N-methyl/N-ethyl adjacent to an activating group) is 1. The smallest absolute Gasteiger partial charge is 0.290 e. The molecular weight excluding hydrogens is 356 g/mol. The summed E-state index contributed by atoms with van der Waals surface area (Å²) in [6.45, 7) is 2.88. The normalized spacial score (nSPS) is 16.3. The molecule has 1 unspecified atom stereocenters. The standard InChI is InChI=1S/C22H24N2O4/c1-2-24-15-19(20(25)22(24)27)21(26)23-14-6-7-16-10-12-18(13-11-16)28-17-8-4-3-5-9-17/h3-5,8-13,19H,2,6-7,14-15H2,1H3,(H,23,26). The molecule has 0 radical (unpaired) electrons. The number of carbonyl (C=O) groups is 3. The van der Waals surface area contributed by atoms with Crippen molar-refractivity contribution in [3.8, 4) is 11.5 Å². The average molecular weight is 380 g/mol. The maximum absolute atomic E-state index is 12.2. The Morgan fingerprint density at radius 1 is 1.07 bits per heavy atom. The van der Waals surface area contributed by atoms with Gasteiger partial charge in [-0.1, -0.05) is 30.3 Å². The van der Waals surface area contributed by atoms with Crippen molar-refractivity contribution in [1.82, 2.24) is 10.2 Å². The maximum Gasteiger partial charge on any atom is 0.290 e. The third-order valence-electron chi connectivity index (χ3n) is 4.76. The van der Waals surface area contributed by atoms with Crippen molar-refractivity contribution in [2.45, 2.75) is 19.8 Å². The lowest BCUT2D eigenvalue weighted by Gasteiger charge is -2.12. The Kier molecular flexibility index (Phi) is 6.42. The first-order valence-electron chi connectivity index (χ1n) is 9.51. The quantitative estimate of drug-likeness (QED) is 0.434. The van der Waals surface area contributed by atoms with E-state index in [-0.39, 0.29) is 12.5 Å². The first-order valence-corrected chi connectivity index (χ1v) is 9.51. The van der Waals surface area contributed by atoms with Crippen LogP contribution in [0, 0.1) is 5.92 Å². The molecule has 0 spiro atoms. The van der Waals surface area contributed by atoms with Crippen molar-refractivity contribution in [2.75, 3.05) is 19.6 Å². The minimum atomic E-state index is -0.873. The molecule has 2 aromatic carbocycles. The lowest BCUT2D eigenvalue weighted by molar-refractivity contribution is -0.142. The minimum Gasteiger partial charge on any atom is -0.457 e. The van der Waals surface area contributed by atoms with Gasteiger partial charge < -0.3 is 15.0 Å². The number of para-hydroxylation sites is 1. The van der Waals surface area contributed by atoms with Gasteiger partial charge in [-0.25, -0.2) is 0 Å². The fourth-order valence-corrected chi connectivity index (χ4v) is 3.14. The van der Waals surface area contributed by atoms with Crippen LogP contribution in [-0.4, -0.2) is 42.1 Å². The molecule has 28 heavy (non-hydrogen) atoms. The van der Waals surface area contributed by atoms with Gasteiger partial charge in [0.05, 0.1) is 0 Å². The Labute approximate surface area is 164 Å². The van der Waals surface area contributed by atoms with Gasteiger partial charge >= 0.3 is 0 Å². The number of hydrogen-bond donors (Lipinski definition) is 1. The van der Waals surface area contributed by atoms with Crippen molar-refractivity contribution >= 4 is 17.6 Å². The number of hydrogen-bond acceptors (Lipinski definition) is 4. The molecule has 0 aromatic heterocycles. The number of likely N-dealkylation sites (tertiary alicyclic amines) is 1. The molecule has 2 amide bonds. The number of ketones is 1. The molecule has 146 valence electrons. The molecule has 2 aromatic rings. The Hall–Kier alpha value is -3.15. The van der Waals surface area contributed by atoms with Crippen LogP contribution in [0.4, 0.5) is 0 Å². The van der Waals surface area contributed by atoms with E-state index in [9.17, 15) is 14.4 Å². The van der Waals surface area contributed by atoms with E-state index >= 15 is 0 Å². The molecule has 3 rings (SSSR count). The molecule has 1 fully saturated rings. The number of carbonyl (C=O) groups excluding carboxylic acids is 3. The largest absolute Gasteiger partial charge is 0.457 e. The number of ether oxygens (including phenoxy) is 1. The van der Waals surface area contributed by atoms with Crippen LogP contribution in [0.5, 0.6) is 11.5 Å². The molecule has 6 nitrogen and oxygen atoms in total. The van der Waals surface area contributed by atoms with Crippen molar-refractivity contribution in [3.63, 3.8) is 0 Å². The zero-order valence-corrected chi connectivity index (χ0v) is 15.9. The van der Waals surface area contributed by atoms with Crippen LogP contribution < -0.4 is 10.1 Å². The molecule has 0 bridgehead atoms. The summed E-state index contributed by atoms with van der Waals surface area (Å²) >= 11 is 0. The van der Waals surface area contributed by atoms with E-state index in [1.165, 1.54) is 4.90 Å². The molecule has 1 aliphatic rings. The van der Waals surface area contributed by atoms with Gasteiger partial charge in [0.15, 0.2) is 0 Å². The fraction of sp³-hybridized carbons (Fsp3) is 0.318. The Balaban J connectivity index is 1.41. The Morgan fingerprint density at radius 2 is 1.75 bits per heavy atom. The van der Waals surface area contributed by atoms with Crippen LogP contribution in [0.2, 0.25) is 0 Å². The molecule has 1 aliphatic heterocycles. The lowest BCUT2D eigenvalue weighted by atomic mass is 10.1. The third-order valence-corrected chi connectivity index (χ3v) is 4.76. The fourth-order valence-electron chi connectivity index (χ4n) is 3.14. The van der Waals surface area contributed by atoms with Crippen molar-refractivity contribution in [1.29, 1.82) is 0 Å². The van der Waals surface area contributed by atoms with E-state index in [0.717, 1.165) is 29.9 Å². The van der Waals surface area contributed by atoms with Gasteiger partial charge in [-0.15, -0.1) is 0 Å². The monoisotopic (exact) mass is 380 g/mol. The van der Waals surface area contributed by atoms with E-state index in [2.05, 4.69) is 5.32 Å². The lowest BCUT2D eigenvalue weighted by Crippen LogP contribution is -2.36. The molecule has 1 saturated heterocycles. The number of benzene rings is 2. The van der Waals surface area contributed by atoms with E-state index in [0.29, 0.717) is 13.1 Å². The second-order valence-corrected chi connectivity index (χ2v) is 6.71. The van der Waals surface area contributed by atoms with Gasteiger partial charge in [0.25, 0.3) is 5.91 Å². The topological polar surface area (TPSA) is 75.7 Å². The van der Waals surface area contributed by atoms with E-state index < -0.39 is 17.6 Å². The first-order chi connectivity index (χ1) is 13.6. The number of rotatable bonds is 8. The van der Waals surface area contributed by atoms with Crippen molar-refractivity contribution in [3.05, 3.63) is 60.2 Å². The summed E-state index contributed by atoms with van der Waals surface area (Å²) in [5.74, 6) is -0.829. The van der Waals surface area contributed by atoms with Gasteiger partial charge in [0, 0.05) is 19.6 Å². The third kappa shape index (κ3) is 4.76. The number of Topliss-reactive ketones (excluding diaryl/α,β-unsaturated/α-hetero) is 1. The van der Waals surface area contributed by atoms with Gasteiger partial charge in [0.1, 0.15) is 17.4 Å². The molecular formula is C22H24N2O4. The highest BCUT2D eigenvalue weighted by Gasteiger charge is 2.42. The summed E-state index contributed by atoms with van der Waals surface area (Å²) in [5, 5.41) is 2.77. The summed E-state index contributed by atoms with van der Waals surface area (Å²) in [6, 6.07) is 17.4. The van der Waals surface area contributed by atoms with Gasteiger partial charge in [0.2, 0.25) is 11.7 Å². The highest BCUT2D eigenvalue weighted by atomic mass is 16.5. The van der Waals surface area contributed by atoms with Crippen molar-refractivity contribution in [2.24, 2.45) is 5.92 Å². The second kappa shape index (κ2) is 9.17. The Bertz CT molecular complexity index is 833. The summed E-state index contributed by atoms with van der Waals surface area (Å²) in [7, 11) is 0. The maximum atomic E-state index is 12.2. The predicted octanol–water partition coefficient (Wildman–Crippen LogP) is 2.58. The number of nitrogens with one attached hydrogen (secondary N) is 1. The summed E-state index contributed by atoms with van der Waals surface area (Å²) < 4.78 is 5.76. The van der Waals surface area contributed by atoms with E-state index in [1.807, 2.05) is 54.6 Å². The second-order valence-electron chi connectivity index (χ2n) is 6.71. The number of nitrogens with zero attached hydrogens (tertiary/aromatic N) is 1. The van der Waals surface area contributed by atoms with Gasteiger partial charge in [-0.3, -0.25) is 14.4 Å². The van der Waals surface area contributed by atoms with Crippen LogP contribution in [0.25, 0.3) is 0 Å². The summed E-state index contributed by atoms with van der Waals surface area (Å²) in [6.07, 6.45) is 1.54. The summed E-state index contributed by atoms with van der Waals surface area (Å²) in [4.78, 5) is 37.1. The SMILES string of the molecule is CCN1CC(C(=O)NCCCc2ccc(Oc3ccccc3)cc2)C(=O)C1=O. The van der Waals surface area contributed by atoms with E-state index in [1.54, 1.807) is 6.92 Å². The van der Waals surface area contributed by atoms with Crippen LogP contribution in [0.1, 0.15) is 18.9 Å². The van der Waals surface area contributed by atoms with Gasteiger partial charge in [-0.2, -0.15) is 0 Å². The highest BCUT2D eigenvalue weighted by molar-refractivity contribution is 6.42. The number of aryl methyl sites for hydroxylation is 1. The molecule has 1 N–H and O–H groups in total. The molecule has 0 saturated carbocycles. The molecule has 0 aliphatic carbocycles. The van der Waals surface area contributed by atoms with Crippen LogP contribution in [0.15, 0.2) is 54.6 Å². The van der Waals surface area contributed by atoms with E-state index in [4.69, 9.17) is 4.74 Å². The van der Waals surface area contributed by atoms with Crippen molar-refractivity contribution < 1.29 is 19.1 Å². The summed E-state index contributed by atoms with van der Waals surface area (Å²) in [5.41, 5.74) is 1.14. The van der Waals surface area contributed by atoms with Crippen LogP contribution in [0.3, 0.4) is 0 Å². The zero-order valence-electron chi connectivity index (χ0n) is 15.9. The highest BCUT2D eigenvalue weighted by Crippen LogP contribution is 2.21. The molecule has 1 heterocycles. The predicted molar refractivity (Wildman–Crippen MR) is 105 cm³/mol. The van der Waals surface area contributed by atoms with Gasteiger partial charge in [-0.05, 0) is 49.6 Å². The minimum absolute atomic E-state index is 0.183. The Morgan fingerprint density at radius 3 is 2.39 bits per heavy atom. The van der Waals surface area contributed by atoms with Crippen LogP contribution in [-0.2, 0) is 20.8 Å². The average Bonchev–Trinajstić information content (AvgIpc) is 3.01.